The summed E-state index contributed by atoms with van der Waals surface area (Å²) in [5, 5.41) is 7.77. The van der Waals surface area contributed by atoms with Gasteiger partial charge < -0.3 is 0 Å². The molecule has 0 radical (unpaired) electrons. The average Bonchev–Trinajstić information content (AvgIpc) is 2.65. The molecule has 0 saturated carbocycles. The molecule has 5 heteroatoms. The number of benzene rings is 1. The Morgan fingerprint density at radius 2 is 2.19 bits per heavy atom. The zero-order valence-electron chi connectivity index (χ0n) is 8.80. The molecule has 84 valence electrons. The van der Waals surface area contributed by atoms with E-state index in [1.54, 1.807) is 0 Å². The standard InChI is InChI=1S/C11H11BrClN3/c1-2-3-10-14-11(16-15-10)7-4-8(12)6-9(13)5-7/h4-6H,2-3H2,1H3,(H,14,15,16). The minimum atomic E-state index is 0.672. The summed E-state index contributed by atoms with van der Waals surface area (Å²) in [5.41, 5.74) is 0.915. The van der Waals surface area contributed by atoms with Crippen LogP contribution in [0.3, 0.4) is 0 Å². The lowest BCUT2D eigenvalue weighted by molar-refractivity contribution is 0.841. The van der Waals surface area contributed by atoms with Gasteiger partial charge in [0.05, 0.1) is 0 Å². The Labute approximate surface area is 107 Å². The Morgan fingerprint density at radius 1 is 1.38 bits per heavy atom. The highest BCUT2D eigenvalue weighted by Gasteiger charge is 2.07. The van der Waals surface area contributed by atoms with Crippen LogP contribution in [0.5, 0.6) is 0 Å². The smallest absolute Gasteiger partial charge is 0.181 e. The summed E-state index contributed by atoms with van der Waals surface area (Å²) >= 11 is 9.37. The predicted molar refractivity (Wildman–Crippen MR) is 68.5 cm³/mol. The van der Waals surface area contributed by atoms with Gasteiger partial charge in [0.15, 0.2) is 5.82 Å². The van der Waals surface area contributed by atoms with Crippen molar-refractivity contribution in [1.29, 1.82) is 0 Å². The Bertz CT molecular complexity index is 475. The number of hydrogen-bond acceptors (Lipinski definition) is 2. The third kappa shape index (κ3) is 2.62. The maximum absolute atomic E-state index is 5.97. The van der Waals surface area contributed by atoms with Gasteiger partial charge >= 0.3 is 0 Å². The van der Waals surface area contributed by atoms with E-state index in [9.17, 15) is 0 Å². The van der Waals surface area contributed by atoms with E-state index >= 15 is 0 Å². The van der Waals surface area contributed by atoms with Crippen LogP contribution in [0.2, 0.25) is 5.02 Å². The van der Waals surface area contributed by atoms with Crippen LogP contribution < -0.4 is 0 Å². The van der Waals surface area contributed by atoms with Gasteiger partial charge in [-0.2, -0.15) is 5.10 Å². The fourth-order valence-electron chi connectivity index (χ4n) is 1.46. The molecular weight excluding hydrogens is 289 g/mol. The van der Waals surface area contributed by atoms with Crippen LogP contribution in [0.4, 0.5) is 0 Å². The molecule has 0 saturated heterocycles. The van der Waals surface area contributed by atoms with Crippen molar-refractivity contribution in [3.63, 3.8) is 0 Å². The third-order valence-corrected chi connectivity index (χ3v) is 2.82. The summed E-state index contributed by atoms with van der Waals surface area (Å²) < 4.78 is 0.928. The first-order chi connectivity index (χ1) is 7.69. The van der Waals surface area contributed by atoms with E-state index in [1.807, 2.05) is 18.2 Å². The first-order valence-electron chi connectivity index (χ1n) is 5.07. The normalized spacial score (nSPS) is 10.7. The number of aromatic nitrogens is 3. The van der Waals surface area contributed by atoms with Gasteiger partial charge in [-0.15, -0.1) is 0 Å². The molecular formula is C11H11BrClN3. The molecule has 0 fully saturated rings. The van der Waals surface area contributed by atoms with Crippen molar-refractivity contribution in [2.45, 2.75) is 19.8 Å². The number of nitrogens with one attached hydrogen (secondary N) is 1. The predicted octanol–water partition coefficient (Wildman–Crippen LogP) is 3.84. The summed E-state index contributed by atoms with van der Waals surface area (Å²) in [4.78, 5) is 4.41. The van der Waals surface area contributed by atoms with Crippen LogP contribution in [0.15, 0.2) is 22.7 Å². The monoisotopic (exact) mass is 299 g/mol. The number of H-pyrrole nitrogens is 1. The molecule has 0 bridgehead atoms. The molecule has 16 heavy (non-hydrogen) atoms. The minimum absolute atomic E-state index is 0.672. The summed E-state index contributed by atoms with van der Waals surface area (Å²) in [6.45, 7) is 2.11. The highest BCUT2D eigenvalue weighted by molar-refractivity contribution is 9.10. The van der Waals surface area contributed by atoms with Crippen molar-refractivity contribution >= 4 is 27.5 Å². The lowest BCUT2D eigenvalue weighted by atomic mass is 10.2. The molecule has 0 unspecified atom stereocenters. The Hall–Kier alpha value is -0.870. The van der Waals surface area contributed by atoms with E-state index in [0.29, 0.717) is 10.8 Å². The van der Waals surface area contributed by atoms with E-state index in [-0.39, 0.29) is 0 Å². The summed E-state index contributed by atoms with van der Waals surface area (Å²) in [6.07, 6.45) is 1.96. The molecule has 0 amide bonds. The number of halogens is 2. The highest BCUT2D eigenvalue weighted by Crippen LogP contribution is 2.25. The molecule has 2 aromatic rings. The maximum atomic E-state index is 5.97. The molecule has 1 heterocycles. The van der Waals surface area contributed by atoms with Crippen LogP contribution in [-0.4, -0.2) is 15.2 Å². The second-order valence-corrected chi connectivity index (χ2v) is 4.87. The van der Waals surface area contributed by atoms with Gasteiger partial charge in [0.1, 0.15) is 5.82 Å². The molecule has 1 aromatic heterocycles. The van der Waals surface area contributed by atoms with Crippen LogP contribution in [0.1, 0.15) is 19.2 Å². The maximum Gasteiger partial charge on any atom is 0.181 e. The molecule has 2 rings (SSSR count). The van der Waals surface area contributed by atoms with Gasteiger partial charge in [0.2, 0.25) is 0 Å². The summed E-state index contributed by atoms with van der Waals surface area (Å²) in [5.74, 6) is 1.60. The number of aryl methyl sites for hydroxylation is 1. The second kappa shape index (κ2) is 4.97. The Morgan fingerprint density at radius 3 is 2.88 bits per heavy atom. The zero-order chi connectivity index (χ0) is 11.5. The largest absolute Gasteiger partial charge is 0.263 e. The third-order valence-electron chi connectivity index (χ3n) is 2.14. The number of nitrogens with zero attached hydrogens (tertiary/aromatic N) is 2. The lowest BCUT2D eigenvalue weighted by Gasteiger charge is -1.97. The van der Waals surface area contributed by atoms with Crippen LogP contribution in [0, 0.1) is 0 Å². The van der Waals surface area contributed by atoms with Crippen molar-refractivity contribution in [2.75, 3.05) is 0 Å². The van der Waals surface area contributed by atoms with Gasteiger partial charge in [0, 0.05) is 21.5 Å². The topological polar surface area (TPSA) is 41.6 Å². The fourth-order valence-corrected chi connectivity index (χ4v) is 2.32. The van der Waals surface area contributed by atoms with Crippen molar-refractivity contribution in [2.24, 2.45) is 0 Å². The van der Waals surface area contributed by atoms with Crippen molar-refractivity contribution in [1.82, 2.24) is 15.2 Å². The summed E-state index contributed by atoms with van der Waals surface area (Å²) in [6, 6.07) is 5.64. The van der Waals surface area contributed by atoms with Crippen molar-refractivity contribution in [3.05, 3.63) is 33.5 Å². The molecule has 0 aliphatic carbocycles. The van der Waals surface area contributed by atoms with Gasteiger partial charge in [-0.3, -0.25) is 5.10 Å². The molecule has 0 spiro atoms. The number of aromatic amines is 1. The van der Waals surface area contributed by atoms with Crippen LogP contribution in [-0.2, 0) is 6.42 Å². The summed E-state index contributed by atoms with van der Waals surface area (Å²) in [7, 11) is 0. The van der Waals surface area contributed by atoms with E-state index in [0.717, 1.165) is 28.7 Å². The van der Waals surface area contributed by atoms with Crippen molar-refractivity contribution in [3.8, 4) is 11.4 Å². The lowest BCUT2D eigenvalue weighted by Crippen LogP contribution is -1.85. The SMILES string of the molecule is CCCc1nc(-c2cc(Cl)cc(Br)c2)n[nH]1. The van der Waals surface area contributed by atoms with Gasteiger partial charge in [-0.1, -0.05) is 34.5 Å². The quantitative estimate of drug-likeness (QED) is 0.935. The van der Waals surface area contributed by atoms with Crippen LogP contribution >= 0.6 is 27.5 Å². The first-order valence-corrected chi connectivity index (χ1v) is 6.24. The Balaban J connectivity index is 2.34. The van der Waals surface area contributed by atoms with E-state index in [1.165, 1.54) is 0 Å². The van der Waals surface area contributed by atoms with E-state index in [4.69, 9.17) is 11.6 Å². The Kier molecular flexibility index (Phi) is 3.61. The number of rotatable bonds is 3. The highest BCUT2D eigenvalue weighted by atomic mass is 79.9. The molecule has 1 N–H and O–H groups in total. The van der Waals surface area contributed by atoms with Gasteiger partial charge in [-0.25, -0.2) is 4.98 Å². The van der Waals surface area contributed by atoms with E-state index in [2.05, 4.69) is 38.0 Å². The van der Waals surface area contributed by atoms with Crippen LogP contribution in [0.25, 0.3) is 11.4 Å². The van der Waals surface area contributed by atoms with E-state index < -0.39 is 0 Å². The number of hydrogen-bond donors (Lipinski definition) is 1. The van der Waals surface area contributed by atoms with Gasteiger partial charge in [-0.05, 0) is 24.6 Å². The molecule has 0 aliphatic rings. The molecule has 1 aromatic carbocycles. The van der Waals surface area contributed by atoms with Crippen molar-refractivity contribution < 1.29 is 0 Å². The minimum Gasteiger partial charge on any atom is -0.263 e. The zero-order valence-corrected chi connectivity index (χ0v) is 11.1. The average molecular weight is 301 g/mol. The molecule has 0 atom stereocenters. The first kappa shape index (κ1) is 11.6. The fraction of sp³-hybridized carbons (Fsp3) is 0.273. The van der Waals surface area contributed by atoms with Gasteiger partial charge in [0.25, 0.3) is 0 Å². The molecule has 3 nitrogen and oxygen atoms in total. The second-order valence-electron chi connectivity index (χ2n) is 3.51. The molecule has 0 aliphatic heterocycles.